The molecule has 0 radical (unpaired) electrons. The van der Waals surface area contributed by atoms with E-state index in [1.807, 2.05) is 4.90 Å². The van der Waals surface area contributed by atoms with Gasteiger partial charge in [0.25, 0.3) is 0 Å². The number of nitrogens with zero attached hydrogens (tertiary/aromatic N) is 3. The van der Waals surface area contributed by atoms with Crippen LogP contribution >= 0.6 is 0 Å². The SMILES string of the molecule is CCCCC(CC)CNC(=NCC(=O)N(C)C)NC1CCN(C(=O)CCOC)CC1. The third-order valence-corrected chi connectivity index (χ3v) is 5.68. The first kappa shape index (κ1) is 26.2. The van der Waals surface area contributed by atoms with Crippen LogP contribution in [0.2, 0.25) is 0 Å². The molecule has 1 aliphatic rings. The number of nitrogens with one attached hydrogen (secondary N) is 2. The van der Waals surface area contributed by atoms with E-state index in [0.717, 1.165) is 38.9 Å². The predicted molar refractivity (Wildman–Crippen MR) is 122 cm³/mol. The van der Waals surface area contributed by atoms with E-state index in [0.29, 0.717) is 24.9 Å². The van der Waals surface area contributed by atoms with Gasteiger partial charge >= 0.3 is 0 Å². The number of carbonyl (C=O) groups is 2. The molecule has 2 amide bonds. The highest BCUT2D eigenvalue weighted by Crippen LogP contribution is 2.13. The van der Waals surface area contributed by atoms with E-state index in [1.165, 1.54) is 19.3 Å². The lowest BCUT2D eigenvalue weighted by atomic mass is 9.99. The van der Waals surface area contributed by atoms with Gasteiger partial charge in [-0.1, -0.05) is 33.1 Å². The molecule has 0 bridgehead atoms. The van der Waals surface area contributed by atoms with E-state index in [9.17, 15) is 9.59 Å². The molecule has 30 heavy (non-hydrogen) atoms. The van der Waals surface area contributed by atoms with Crippen molar-refractivity contribution in [3.8, 4) is 0 Å². The molecular formula is C22H43N5O3. The Kier molecular flexibility index (Phi) is 13.1. The van der Waals surface area contributed by atoms with Crippen LogP contribution in [0.15, 0.2) is 4.99 Å². The zero-order chi connectivity index (χ0) is 22.4. The van der Waals surface area contributed by atoms with Crippen molar-refractivity contribution < 1.29 is 14.3 Å². The van der Waals surface area contributed by atoms with E-state index >= 15 is 0 Å². The lowest BCUT2D eigenvalue weighted by molar-refractivity contribution is -0.133. The van der Waals surface area contributed by atoms with Crippen molar-refractivity contribution in [1.82, 2.24) is 20.4 Å². The van der Waals surface area contributed by atoms with Gasteiger partial charge in [-0.2, -0.15) is 0 Å². The molecule has 0 aromatic carbocycles. The zero-order valence-corrected chi connectivity index (χ0v) is 19.7. The van der Waals surface area contributed by atoms with Gasteiger partial charge in [-0.05, 0) is 25.2 Å². The Morgan fingerprint density at radius 3 is 2.50 bits per heavy atom. The van der Waals surface area contributed by atoms with Crippen LogP contribution in [0, 0.1) is 5.92 Å². The van der Waals surface area contributed by atoms with Crippen LogP contribution in [0.25, 0.3) is 0 Å². The second-order valence-electron chi connectivity index (χ2n) is 8.29. The number of amides is 2. The van der Waals surface area contributed by atoms with Crippen LogP contribution in [-0.2, 0) is 14.3 Å². The minimum Gasteiger partial charge on any atom is -0.384 e. The van der Waals surface area contributed by atoms with Crippen LogP contribution < -0.4 is 10.6 Å². The number of piperidine rings is 1. The molecule has 0 saturated carbocycles. The van der Waals surface area contributed by atoms with E-state index in [4.69, 9.17) is 4.74 Å². The van der Waals surface area contributed by atoms with E-state index in [-0.39, 0.29) is 24.4 Å². The maximum Gasteiger partial charge on any atom is 0.243 e. The first-order valence-electron chi connectivity index (χ1n) is 11.4. The van der Waals surface area contributed by atoms with Gasteiger partial charge in [-0.3, -0.25) is 9.59 Å². The summed E-state index contributed by atoms with van der Waals surface area (Å²) in [5, 5.41) is 6.95. The molecular weight excluding hydrogens is 382 g/mol. The molecule has 1 heterocycles. The summed E-state index contributed by atoms with van der Waals surface area (Å²) in [5.41, 5.74) is 0. The summed E-state index contributed by atoms with van der Waals surface area (Å²) in [6.45, 7) is 7.35. The van der Waals surface area contributed by atoms with Gasteiger partial charge in [-0.25, -0.2) is 4.99 Å². The second-order valence-corrected chi connectivity index (χ2v) is 8.29. The Morgan fingerprint density at radius 1 is 1.23 bits per heavy atom. The molecule has 0 aromatic heterocycles. The summed E-state index contributed by atoms with van der Waals surface area (Å²) in [4.78, 5) is 32.2. The summed E-state index contributed by atoms with van der Waals surface area (Å²) < 4.78 is 5.01. The topological polar surface area (TPSA) is 86.3 Å². The Morgan fingerprint density at radius 2 is 1.93 bits per heavy atom. The number of hydrogen-bond acceptors (Lipinski definition) is 4. The monoisotopic (exact) mass is 425 g/mol. The number of likely N-dealkylation sites (N-methyl/N-ethyl adjacent to an activating group) is 1. The van der Waals surface area contributed by atoms with Crippen molar-refractivity contribution in [3.05, 3.63) is 0 Å². The lowest BCUT2D eigenvalue weighted by Crippen LogP contribution is -2.50. The van der Waals surface area contributed by atoms with Crippen molar-refractivity contribution >= 4 is 17.8 Å². The highest BCUT2D eigenvalue weighted by atomic mass is 16.5. The number of likely N-dealkylation sites (tertiary alicyclic amines) is 1. The summed E-state index contributed by atoms with van der Waals surface area (Å²) in [6.07, 6.45) is 6.93. The molecule has 1 unspecified atom stereocenters. The van der Waals surface area contributed by atoms with Crippen molar-refractivity contribution in [1.29, 1.82) is 0 Å². The first-order chi connectivity index (χ1) is 14.4. The average Bonchev–Trinajstić information content (AvgIpc) is 2.75. The van der Waals surface area contributed by atoms with Crippen LogP contribution in [0.3, 0.4) is 0 Å². The zero-order valence-electron chi connectivity index (χ0n) is 19.7. The maximum atomic E-state index is 12.2. The van der Waals surface area contributed by atoms with E-state index < -0.39 is 0 Å². The molecule has 8 nitrogen and oxygen atoms in total. The number of aliphatic imine (C=N–C) groups is 1. The normalized spacial score (nSPS) is 16.3. The molecule has 1 atom stereocenters. The number of rotatable bonds is 12. The molecule has 1 aliphatic heterocycles. The Labute approximate surface area is 182 Å². The molecule has 0 aliphatic carbocycles. The smallest absolute Gasteiger partial charge is 0.243 e. The molecule has 8 heteroatoms. The third-order valence-electron chi connectivity index (χ3n) is 5.68. The first-order valence-corrected chi connectivity index (χ1v) is 11.4. The van der Waals surface area contributed by atoms with Gasteiger partial charge in [0.15, 0.2) is 5.96 Å². The molecule has 2 N–H and O–H groups in total. The summed E-state index contributed by atoms with van der Waals surface area (Å²) in [6, 6.07) is 0.243. The van der Waals surface area contributed by atoms with Crippen LogP contribution in [-0.4, -0.2) is 87.6 Å². The van der Waals surface area contributed by atoms with Gasteiger partial charge in [0.1, 0.15) is 6.54 Å². The lowest BCUT2D eigenvalue weighted by Gasteiger charge is -2.33. The Balaban J connectivity index is 2.61. The summed E-state index contributed by atoms with van der Waals surface area (Å²) >= 11 is 0. The minimum atomic E-state index is -0.0207. The fraction of sp³-hybridized carbons (Fsp3) is 0.864. The molecule has 0 spiro atoms. The number of hydrogen-bond donors (Lipinski definition) is 2. The molecule has 1 rings (SSSR count). The number of carbonyl (C=O) groups excluding carboxylic acids is 2. The quantitative estimate of drug-likeness (QED) is 0.368. The number of methoxy groups -OCH3 is 1. The van der Waals surface area contributed by atoms with Crippen molar-refractivity contribution in [2.24, 2.45) is 10.9 Å². The largest absolute Gasteiger partial charge is 0.384 e. The van der Waals surface area contributed by atoms with Gasteiger partial charge < -0.3 is 25.2 Å². The van der Waals surface area contributed by atoms with Crippen LogP contribution in [0.4, 0.5) is 0 Å². The number of ether oxygens (including phenoxy) is 1. The van der Waals surface area contributed by atoms with Crippen LogP contribution in [0.1, 0.15) is 58.8 Å². The van der Waals surface area contributed by atoms with Gasteiger partial charge in [0.05, 0.1) is 13.0 Å². The van der Waals surface area contributed by atoms with Crippen LogP contribution in [0.5, 0.6) is 0 Å². The molecule has 174 valence electrons. The van der Waals surface area contributed by atoms with Crippen molar-refractivity contribution in [2.75, 3.05) is 54.0 Å². The minimum absolute atomic E-state index is 0.0207. The Bertz CT molecular complexity index is 531. The average molecular weight is 426 g/mol. The van der Waals surface area contributed by atoms with Gasteiger partial charge in [0, 0.05) is 46.9 Å². The standard InChI is InChI=1S/C22H43N5O3/c1-6-8-9-18(7-2)16-23-22(24-17-21(29)26(3)4)25-19-10-13-27(14-11-19)20(28)12-15-30-5/h18-19H,6-17H2,1-5H3,(H2,23,24,25). The third kappa shape index (κ3) is 10.3. The van der Waals surface area contributed by atoms with E-state index in [1.54, 1.807) is 26.1 Å². The Hall–Kier alpha value is -1.83. The fourth-order valence-corrected chi connectivity index (χ4v) is 3.44. The molecule has 0 aromatic rings. The van der Waals surface area contributed by atoms with E-state index in [2.05, 4.69) is 29.5 Å². The van der Waals surface area contributed by atoms with Crippen molar-refractivity contribution in [2.45, 2.75) is 64.8 Å². The highest BCUT2D eigenvalue weighted by Gasteiger charge is 2.23. The maximum absolute atomic E-state index is 12.2. The second kappa shape index (κ2) is 15.0. The predicted octanol–water partition coefficient (Wildman–Crippen LogP) is 1.85. The molecule has 1 fully saturated rings. The van der Waals surface area contributed by atoms with Gasteiger partial charge in [-0.15, -0.1) is 0 Å². The number of unbranched alkanes of at least 4 members (excludes halogenated alkanes) is 1. The summed E-state index contributed by atoms with van der Waals surface area (Å²) in [5.74, 6) is 1.43. The summed E-state index contributed by atoms with van der Waals surface area (Å²) in [7, 11) is 5.10. The fourth-order valence-electron chi connectivity index (χ4n) is 3.44. The molecule has 1 saturated heterocycles. The highest BCUT2D eigenvalue weighted by molar-refractivity contribution is 5.85. The number of guanidine groups is 1. The van der Waals surface area contributed by atoms with Crippen molar-refractivity contribution in [3.63, 3.8) is 0 Å². The van der Waals surface area contributed by atoms with Gasteiger partial charge in [0.2, 0.25) is 11.8 Å².